The number of ether oxygens (including phenoxy) is 1. The number of morpholine rings is 1. The van der Waals surface area contributed by atoms with Crippen molar-refractivity contribution in [3.8, 4) is 0 Å². The zero-order valence-corrected chi connectivity index (χ0v) is 16.5. The molecule has 1 aliphatic heterocycles. The molecule has 1 heterocycles. The third-order valence-electron chi connectivity index (χ3n) is 4.44. The van der Waals surface area contributed by atoms with E-state index in [1.54, 1.807) is 47.4 Å². The van der Waals surface area contributed by atoms with Crippen molar-refractivity contribution in [1.82, 2.24) is 10.2 Å². The van der Waals surface area contributed by atoms with Crippen LogP contribution in [0.3, 0.4) is 0 Å². The summed E-state index contributed by atoms with van der Waals surface area (Å²) in [5, 5.41) is 10.8. The predicted molar refractivity (Wildman–Crippen MR) is 109 cm³/mol. The molecule has 0 aliphatic carbocycles. The molecule has 2 N–H and O–H groups in total. The van der Waals surface area contributed by atoms with Gasteiger partial charge in [-0.2, -0.15) is 0 Å². The van der Waals surface area contributed by atoms with E-state index < -0.39 is 0 Å². The van der Waals surface area contributed by atoms with Crippen molar-refractivity contribution in [2.24, 2.45) is 0 Å². The van der Waals surface area contributed by atoms with E-state index in [0.29, 0.717) is 46.5 Å². The fourth-order valence-electron chi connectivity index (χ4n) is 2.98. The number of nitrogens with zero attached hydrogens (tertiary/aromatic N) is 1. The molecule has 2 aromatic rings. The van der Waals surface area contributed by atoms with Gasteiger partial charge in [0, 0.05) is 40.5 Å². The lowest BCUT2D eigenvalue weighted by Crippen LogP contribution is -2.53. The molecule has 2 aromatic carbocycles. The smallest absolute Gasteiger partial charge is 0.254 e. The highest BCUT2D eigenvalue weighted by Gasteiger charge is 2.29. The first-order valence-corrected chi connectivity index (χ1v) is 9.47. The fraction of sp³-hybridized carbons (Fsp3) is 0.250. The van der Waals surface area contributed by atoms with Crippen LogP contribution in [0.25, 0.3) is 0 Å². The summed E-state index contributed by atoms with van der Waals surface area (Å²) in [6, 6.07) is 11.1. The lowest BCUT2D eigenvalue weighted by molar-refractivity contribution is -0.00129. The Hall–Kier alpha value is -2.41. The van der Waals surface area contributed by atoms with Gasteiger partial charge in [0.05, 0.1) is 19.3 Å². The Morgan fingerprint density at radius 2 is 1.82 bits per heavy atom. The summed E-state index contributed by atoms with van der Waals surface area (Å²) in [6.45, 7) is 1.42. The van der Waals surface area contributed by atoms with Crippen LogP contribution >= 0.6 is 23.2 Å². The van der Waals surface area contributed by atoms with Crippen molar-refractivity contribution < 1.29 is 14.3 Å². The van der Waals surface area contributed by atoms with E-state index in [0.717, 1.165) is 0 Å². The van der Waals surface area contributed by atoms with E-state index in [1.165, 1.54) is 6.21 Å². The molecule has 0 spiro atoms. The SMILES string of the molecule is N=Cc1ccc(C(=O)NCC2COCCN2C(=O)c2cc(Cl)cc(Cl)c2)cc1. The molecule has 1 aliphatic rings. The summed E-state index contributed by atoms with van der Waals surface area (Å²) in [4.78, 5) is 27.0. The zero-order chi connectivity index (χ0) is 20.1. The molecular formula is C20H19Cl2N3O3. The lowest BCUT2D eigenvalue weighted by Gasteiger charge is -2.35. The van der Waals surface area contributed by atoms with Crippen LogP contribution in [0.15, 0.2) is 42.5 Å². The molecule has 1 saturated heterocycles. The van der Waals surface area contributed by atoms with Gasteiger partial charge in [0.15, 0.2) is 0 Å². The number of benzene rings is 2. The number of halogens is 2. The van der Waals surface area contributed by atoms with Gasteiger partial charge in [-0.05, 0) is 35.9 Å². The van der Waals surface area contributed by atoms with E-state index in [9.17, 15) is 9.59 Å². The third-order valence-corrected chi connectivity index (χ3v) is 4.87. The summed E-state index contributed by atoms with van der Waals surface area (Å²) < 4.78 is 5.49. The van der Waals surface area contributed by atoms with Crippen LogP contribution in [-0.4, -0.2) is 55.3 Å². The average molecular weight is 420 g/mol. The number of hydrogen-bond donors (Lipinski definition) is 2. The molecule has 146 valence electrons. The number of amides is 2. The van der Waals surface area contributed by atoms with Crippen LogP contribution in [0.2, 0.25) is 10.0 Å². The Morgan fingerprint density at radius 1 is 1.14 bits per heavy atom. The highest BCUT2D eigenvalue weighted by atomic mass is 35.5. The molecule has 6 nitrogen and oxygen atoms in total. The number of carbonyl (C=O) groups excluding carboxylic acids is 2. The van der Waals surface area contributed by atoms with Gasteiger partial charge in [-0.3, -0.25) is 9.59 Å². The number of rotatable bonds is 5. The quantitative estimate of drug-likeness (QED) is 0.729. The van der Waals surface area contributed by atoms with E-state index in [1.807, 2.05) is 0 Å². The second-order valence-corrected chi connectivity index (χ2v) is 7.23. The molecule has 0 bridgehead atoms. The molecular weight excluding hydrogens is 401 g/mol. The number of nitrogens with one attached hydrogen (secondary N) is 2. The van der Waals surface area contributed by atoms with Crippen molar-refractivity contribution >= 4 is 41.2 Å². The predicted octanol–water partition coefficient (Wildman–Crippen LogP) is 3.26. The molecule has 28 heavy (non-hydrogen) atoms. The molecule has 1 unspecified atom stereocenters. The molecule has 1 atom stereocenters. The topological polar surface area (TPSA) is 82.5 Å². The van der Waals surface area contributed by atoms with Crippen LogP contribution in [0, 0.1) is 5.41 Å². The summed E-state index contributed by atoms with van der Waals surface area (Å²) in [5.41, 5.74) is 1.61. The standard InChI is InChI=1S/C20H19Cl2N3O3/c21-16-7-15(8-17(22)9-16)20(27)25-5-6-28-12-18(25)11-24-19(26)14-3-1-13(10-23)2-4-14/h1-4,7-10,18,23H,5-6,11-12H2,(H,24,26). The summed E-state index contributed by atoms with van der Waals surface area (Å²) >= 11 is 12.0. The van der Waals surface area contributed by atoms with Crippen molar-refractivity contribution in [2.75, 3.05) is 26.3 Å². The molecule has 2 amide bonds. The molecule has 1 fully saturated rings. The largest absolute Gasteiger partial charge is 0.377 e. The molecule has 0 saturated carbocycles. The summed E-state index contributed by atoms with van der Waals surface area (Å²) in [5.74, 6) is -0.456. The van der Waals surface area contributed by atoms with Gasteiger partial charge in [-0.25, -0.2) is 0 Å². The van der Waals surface area contributed by atoms with Crippen molar-refractivity contribution in [1.29, 1.82) is 5.41 Å². The number of carbonyl (C=O) groups is 2. The minimum Gasteiger partial charge on any atom is -0.377 e. The molecule has 0 radical (unpaired) electrons. The Kier molecular flexibility index (Phi) is 6.67. The molecule has 0 aromatic heterocycles. The minimum absolute atomic E-state index is 0.206. The van der Waals surface area contributed by atoms with Crippen LogP contribution in [0.1, 0.15) is 26.3 Å². The Bertz CT molecular complexity index is 867. The van der Waals surface area contributed by atoms with E-state index in [-0.39, 0.29) is 24.4 Å². The maximum absolute atomic E-state index is 12.9. The first-order chi connectivity index (χ1) is 13.5. The maximum atomic E-state index is 12.9. The third kappa shape index (κ3) is 4.90. The van der Waals surface area contributed by atoms with Gasteiger partial charge in [0.25, 0.3) is 11.8 Å². The van der Waals surface area contributed by atoms with Gasteiger partial charge in [0.1, 0.15) is 0 Å². The van der Waals surface area contributed by atoms with Gasteiger partial charge < -0.3 is 20.4 Å². The fourth-order valence-corrected chi connectivity index (χ4v) is 3.50. The highest BCUT2D eigenvalue weighted by Crippen LogP contribution is 2.21. The van der Waals surface area contributed by atoms with Gasteiger partial charge in [0.2, 0.25) is 0 Å². The monoisotopic (exact) mass is 419 g/mol. The Balaban J connectivity index is 1.68. The Morgan fingerprint density at radius 3 is 2.46 bits per heavy atom. The zero-order valence-electron chi connectivity index (χ0n) is 15.0. The Labute approximate surface area is 172 Å². The lowest BCUT2D eigenvalue weighted by atomic mass is 10.1. The van der Waals surface area contributed by atoms with E-state index >= 15 is 0 Å². The van der Waals surface area contributed by atoms with Crippen molar-refractivity contribution in [2.45, 2.75) is 6.04 Å². The average Bonchev–Trinajstić information content (AvgIpc) is 2.71. The van der Waals surface area contributed by atoms with Crippen LogP contribution in [0.5, 0.6) is 0 Å². The van der Waals surface area contributed by atoms with Crippen molar-refractivity contribution in [3.05, 3.63) is 69.2 Å². The van der Waals surface area contributed by atoms with Gasteiger partial charge in [-0.1, -0.05) is 35.3 Å². The maximum Gasteiger partial charge on any atom is 0.254 e. The van der Waals surface area contributed by atoms with Gasteiger partial charge >= 0.3 is 0 Å². The summed E-state index contributed by atoms with van der Waals surface area (Å²) in [6.07, 6.45) is 1.21. The normalized spacial score (nSPS) is 16.5. The van der Waals surface area contributed by atoms with E-state index in [4.69, 9.17) is 33.3 Å². The van der Waals surface area contributed by atoms with Crippen LogP contribution < -0.4 is 5.32 Å². The second-order valence-electron chi connectivity index (χ2n) is 6.36. The second kappa shape index (κ2) is 9.19. The number of hydrogen-bond acceptors (Lipinski definition) is 4. The van der Waals surface area contributed by atoms with Crippen molar-refractivity contribution in [3.63, 3.8) is 0 Å². The summed E-state index contributed by atoms with van der Waals surface area (Å²) in [7, 11) is 0. The first-order valence-electron chi connectivity index (χ1n) is 8.71. The van der Waals surface area contributed by atoms with Crippen LogP contribution in [0.4, 0.5) is 0 Å². The van der Waals surface area contributed by atoms with E-state index in [2.05, 4.69) is 5.32 Å². The highest BCUT2D eigenvalue weighted by molar-refractivity contribution is 6.35. The first kappa shape index (κ1) is 20.3. The van der Waals surface area contributed by atoms with Gasteiger partial charge in [-0.15, -0.1) is 0 Å². The minimum atomic E-state index is -0.302. The van der Waals surface area contributed by atoms with Crippen LogP contribution in [-0.2, 0) is 4.74 Å². The molecule has 3 rings (SSSR count). The molecule has 8 heteroatoms.